The van der Waals surface area contributed by atoms with E-state index in [1.165, 1.54) is 0 Å². The van der Waals surface area contributed by atoms with Crippen molar-refractivity contribution in [3.8, 4) is 5.69 Å². The van der Waals surface area contributed by atoms with Gasteiger partial charge in [0.1, 0.15) is 17.3 Å². The van der Waals surface area contributed by atoms with Crippen LogP contribution in [0.3, 0.4) is 0 Å². The molecule has 7 rings (SSSR count). The van der Waals surface area contributed by atoms with Gasteiger partial charge in [-0.25, -0.2) is 18.2 Å². The number of alkyl halides is 1. The van der Waals surface area contributed by atoms with Gasteiger partial charge in [0.2, 0.25) is 0 Å². The van der Waals surface area contributed by atoms with E-state index < -0.39 is 17.3 Å². The first-order chi connectivity index (χ1) is 16.8. The normalized spacial score (nSPS) is 22.2. The van der Waals surface area contributed by atoms with Gasteiger partial charge in [0.25, 0.3) is 0 Å². The maximum Gasteiger partial charge on any atom is 0.168 e. The lowest BCUT2D eigenvalue weighted by Crippen LogP contribution is -2.62. The molecule has 0 unspecified atom stereocenters. The molecule has 2 aliphatic carbocycles. The highest BCUT2D eigenvalue weighted by Gasteiger charge is 2.55. The predicted molar refractivity (Wildman–Crippen MR) is 124 cm³/mol. The molecule has 6 nitrogen and oxygen atoms in total. The van der Waals surface area contributed by atoms with Gasteiger partial charge in [0.05, 0.1) is 18.4 Å². The van der Waals surface area contributed by atoms with Crippen LogP contribution in [0.2, 0.25) is 5.02 Å². The van der Waals surface area contributed by atoms with Crippen molar-refractivity contribution in [2.75, 3.05) is 24.5 Å². The van der Waals surface area contributed by atoms with Crippen molar-refractivity contribution in [1.29, 1.82) is 0 Å². The van der Waals surface area contributed by atoms with Crippen LogP contribution in [0.25, 0.3) is 5.69 Å². The Morgan fingerprint density at radius 3 is 2.60 bits per heavy atom. The first kappa shape index (κ1) is 21.6. The average molecular weight is 501 g/mol. The smallest absolute Gasteiger partial charge is 0.168 e. The monoisotopic (exact) mass is 500 g/mol. The third kappa shape index (κ3) is 3.62. The molecule has 3 aromatic rings. The maximum atomic E-state index is 14.6. The Labute approximate surface area is 205 Å². The van der Waals surface area contributed by atoms with Crippen LogP contribution in [0.1, 0.15) is 48.8 Å². The highest BCUT2D eigenvalue weighted by Crippen LogP contribution is 2.57. The molecule has 0 radical (unpaired) electrons. The summed E-state index contributed by atoms with van der Waals surface area (Å²) in [6, 6.07) is 6.71. The molecule has 35 heavy (non-hydrogen) atoms. The molecule has 0 bridgehead atoms. The van der Waals surface area contributed by atoms with Crippen molar-refractivity contribution in [2.24, 2.45) is 5.41 Å². The summed E-state index contributed by atoms with van der Waals surface area (Å²) >= 11 is 6.32. The summed E-state index contributed by atoms with van der Waals surface area (Å²) in [4.78, 5) is 7.91. The molecule has 3 fully saturated rings. The topological polar surface area (TPSA) is 50.1 Å². The van der Waals surface area contributed by atoms with Gasteiger partial charge in [-0.05, 0) is 49.4 Å². The van der Waals surface area contributed by atoms with E-state index in [0.29, 0.717) is 50.6 Å². The molecule has 1 aromatic carbocycles. The molecule has 0 amide bonds. The molecule has 10 heteroatoms. The number of fused-ring (bicyclic) bond motifs is 3. The lowest BCUT2D eigenvalue weighted by atomic mass is 9.57. The van der Waals surface area contributed by atoms with Gasteiger partial charge >= 0.3 is 0 Å². The SMILES string of the molecule is Fc1cnc(N2CC3(CC(c4nnc5n4-c4ccc(Cl)cc4CN(CC4(F)CC4)C5)C3)C2)c(F)c1. The number of hydrogen-bond acceptors (Lipinski definition) is 5. The summed E-state index contributed by atoms with van der Waals surface area (Å²) in [6.45, 7) is 2.92. The van der Waals surface area contributed by atoms with Crippen LogP contribution in [-0.4, -0.2) is 50.0 Å². The molecule has 2 aromatic heterocycles. The maximum absolute atomic E-state index is 14.6. The van der Waals surface area contributed by atoms with Gasteiger partial charge in [0.15, 0.2) is 17.5 Å². The van der Waals surface area contributed by atoms with E-state index in [-0.39, 0.29) is 17.2 Å². The van der Waals surface area contributed by atoms with E-state index in [1.54, 1.807) is 0 Å². The van der Waals surface area contributed by atoms with Crippen LogP contribution in [0.15, 0.2) is 30.5 Å². The van der Waals surface area contributed by atoms with Gasteiger partial charge in [0, 0.05) is 48.6 Å². The predicted octanol–water partition coefficient (Wildman–Crippen LogP) is 4.80. The largest absolute Gasteiger partial charge is 0.353 e. The van der Waals surface area contributed by atoms with Crippen molar-refractivity contribution in [3.63, 3.8) is 0 Å². The van der Waals surface area contributed by atoms with E-state index >= 15 is 0 Å². The summed E-state index contributed by atoms with van der Waals surface area (Å²) in [5, 5.41) is 9.77. The number of halogens is 4. The lowest BCUT2D eigenvalue weighted by Gasteiger charge is -2.59. The van der Waals surface area contributed by atoms with Gasteiger partial charge in [-0.1, -0.05) is 11.6 Å². The fourth-order valence-corrected chi connectivity index (χ4v) is 6.34. The second kappa shape index (κ2) is 7.43. The Hall–Kier alpha value is -2.65. The van der Waals surface area contributed by atoms with Crippen molar-refractivity contribution in [1.82, 2.24) is 24.6 Å². The standard InChI is InChI=1S/C25H24ClF3N6/c26-17-1-2-20-15(5-17)10-33(14-25(29)3-4-25)11-21-31-32-22(35(20)21)16-7-24(8-16)12-34(13-24)23-19(28)6-18(27)9-30-23/h1-2,5-6,9,16H,3-4,7-8,10-14H2. The third-order valence-electron chi connectivity index (χ3n) is 7.96. The van der Waals surface area contributed by atoms with Crippen LogP contribution >= 0.6 is 11.6 Å². The van der Waals surface area contributed by atoms with Gasteiger partial charge in [-0.3, -0.25) is 9.47 Å². The van der Waals surface area contributed by atoms with E-state index in [9.17, 15) is 13.2 Å². The zero-order chi connectivity index (χ0) is 23.9. The highest BCUT2D eigenvalue weighted by molar-refractivity contribution is 6.30. The number of benzene rings is 1. The molecular formula is C25H24ClF3N6. The fraction of sp³-hybridized carbons (Fsp3) is 0.480. The molecule has 1 spiro atoms. The summed E-state index contributed by atoms with van der Waals surface area (Å²) < 4.78 is 44.1. The number of anilines is 1. The molecular weight excluding hydrogens is 477 g/mol. The number of rotatable bonds is 4. The molecule has 0 atom stereocenters. The van der Waals surface area contributed by atoms with Crippen LogP contribution in [0.5, 0.6) is 0 Å². The second-order valence-electron chi connectivity index (χ2n) is 10.8. The number of hydrogen-bond donors (Lipinski definition) is 0. The molecule has 4 heterocycles. The fourth-order valence-electron chi connectivity index (χ4n) is 6.14. The minimum absolute atomic E-state index is 0.0890. The number of nitrogens with zero attached hydrogens (tertiary/aromatic N) is 6. The molecule has 2 saturated carbocycles. The van der Waals surface area contributed by atoms with Gasteiger partial charge in [-0.15, -0.1) is 10.2 Å². The van der Waals surface area contributed by atoms with Crippen LogP contribution in [0.4, 0.5) is 19.0 Å². The van der Waals surface area contributed by atoms with Crippen molar-refractivity contribution in [2.45, 2.75) is 50.4 Å². The quantitative estimate of drug-likeness (QED) is 0.515. The van der Waals surface area contributed by atoms with Crippen LogP contribution in [-0.2, 0) is 13.1 Å². The van der Waals surface area contributed by atoms with E-state index in [0.717, 1.165) is 48.0 Å². The highest BCUT2D eigenvalue weighted by atomic mass is 35.5. The Balaban J connectivity index is 1.13. The number of aromatic nitrogens is 4. The summed E-state index contributed by atoms with van der Waals surface area (Å²) in [5.41, 5.74) is 1.05. The Morgan fingerprint density at radius 2 is 1.86 bits per heavy atom. The molecule has 4 aliphatic rings. The minimum atomic E-state index is -1.09. The first-order valence-electron chi connectivity index (χ1n) is 12.0. The second-order valence-corrected chi connectivity index (χ2v) is 11.2. The van der Waals surface area contributed by atoms with E-state index in [2.05, 4.69) is 24.6 Å². The molecule has 1 saturated heterocycles. The van der Waals surface area contributed by atoms with Gasteiger partial charge < -0.3 is 4.90 Å². The zero-order valence-corrected chi connectivity index (χ0v) is 19.8. The Kier molecular flexibility index (Phi) is 4.59. The summed E-state index contributed by atoms with van der Waals surface area (Å²) in [6.07, 6.45) is 4.12. The van der Waals surface area contributed by atoms with E-state index in [4.69, 9.17) is 11.6 Å². The Bertz CT molecular complexity index is 1320. The summed E-state index contributed by atoms with van der Waals surface area (Å²) in [7, 11) is 0. The third-order valence-corrected chi connectivity index (χ3v) is 8.20. The van der Waals surface area contributed by atoms with Crippen molar-refractivity contribution >= 4 is 17.4 Å². The zero-order valence-electron chi connectivity index (χ0n) is 19.0. The Morgan fingerprint density at radius 1 is 1.06 bits per heavy atom. The van der Waals surface area contributed by atoms with Crippen LogP contribution in [0, 0.1) is 17.0 Å². The van der Waals surface area contributed by atoms with Crippen molar-refractivity contribution < 1.29 is 13.2 Å². The summed E-state index contributed by atoms with van der Waals surface area (Å²) in [5.74, 6) is 0.886. The first-order valence-corrected chi connectivity index (χ1v) is 12.4. The average Bonchev–Trinajstić information content (AvgIpc) is 3.37. The van der Waals surface area contributed by atoms with Crippen LogP contribution < -0.4 is 4.90 Å². The van der Waals surface area contributed by atoms with Gasteiger partial charge in [-0.2, -0.15) is 0 Å². The van der Waals surface area contributed by atoms with E-state index in [1.807, 2.05) is 23.1 Å². The number of pyridine rings is 1. The molecule has 0 N–H and O–H groups in total. The van der Waals surface area contributed by atoms with Crippen molar-refractivity contribution in [3.05, 3.63) is 64.3 Å². The lowest BCUT2D eigenvalue weighted by molar-refractivity contribution is 0.0575. The minimum Gasteiger partial charge on any atom is -0.353 e. The molecule has 182 valence electrons. The molecule has 2 aliphatic heterocycles.